The van der Waals surface area contributed by atoms with E-state index in [2.05, 4.69) is 0 Å². The summed E-state index contributed by atoms with van der Waals surface area (Å²) >= 11 is 5.74. The standard InChI is InChI=1S/C10H14ClNO/c1-8(6-12)13-7-9-2-4-10(11)5-3-9/h2-5,8H,6-7,12H2,1H3/t8-/m0/s1. The molecule has 0 unspecified atom stereocenters. The molecule has 0 amide bonds. The maximum Gasteiger partial charge on any atom is 0.0721 e. The first-order valence-electron chi connectivity index (χ1n) is 4.28. The quantitative estimate of drug-likeness (QED) is 0.807. The molecule has 0 spiro atoms. The van der Waals surface area contributed by atoms with Crippen LogP contribution in [0.25, 0.3) is 0 Å². The van der Waals surface area contributed by atoms with Crippen LogP contribution in [0.1, 0.15) is 12.5 Å². The molecule has 1 atom stereocenters. The average Bonchev–Trinajstić information content (AvgIpc) is 2.16. The van der Waals surface area contributed by atoms with E-state index < -0.39 is 0 Å². The Morgan fingerprint density at radius 2 is 2.00 bits per heavy atom. The summed E-state index contributed by atoms with van der Waals surface area (Å²) in [5.74, 6) is 0. The molecule has 13 heavy (non-hydrogen) atoms. The minimum absolute atomic E-state index is 0.107. The van der Waals surface area contributed by atoms with Crippen molar-refractivity contribution in [3.05, 3.63) is 34.9 Å². The fourth-order valence-corrected chi connectivity index (χ4v) is 1.01. The van der Waals surface area contributed by atoms with Crippen LogP contribution in [0.15, 0.2) is 24.3 Å². The van der Waals surface area contributed by atoms with Crippen molar-refractivity contribution >= 4 is 11.6 Å². The van der Waals surface area contributed by atoms with E-state index in [0.29, 0.717) is 13.2 Å². The van der Waals surface area contributed by atoms with Crippen molar-refractivity contribution in [2.75, 3.05) is 6.54 Å². The van der Waals surface area contributed by atoms with Crippen LogP contribution in [0.4, 0.5) is 0 Å². The van der Waals surface area contributed by atoms with Crippen LogP contribution in [0, 0.1) is 0 Å². The van der Waals surface area contributed by atoms with Crippen LogP contribution in [0.2, 0.25) is 5.02 Å². The zero-order chi connectivity index (χ0) is 9.68. The maximum absolute atomic E-state index is 5.74. The number of rotatable bonds is 4. The first-order chi connectivity index (χ1) is 6.22. The van der Waals surface area contributed by atoms with Crippen molar-refractivity contribution in [1.82, 2.24) is 0 Å². The Balaban J connectivity index is 2.41. The molecule has 1 aromatic carbocycles. The highest BCUT2D eigenvalue weighted by Crippen LogP contribution is 2.10. The van der Waals surface area contributed by atoms with Gasteiger partial charge in [0.2, 0.25) is 0 Å². The molecule has 0 fully saturated rings. The van der Waals surface area contributed by atoms with Gasteiger partial charge < -0.3 is 10.5 Å². The highest BCUT2D eigenvalue weighted by atomic mass is 35.5. The third-order valence-electron chi connectivity index (χ3n) is 1.78. The second-order valence-electron chi connectivity index (χ2n) is 2.98. The Hall–Kier alpha value is -0.570. The van der Waals surface area contributed by atoms with Gasteiger partial charge >= 0.3 is 0 Å². The molecule has 0 aliphatic rings. The zero-order valence-electron chi connectivity index (χ0n) is 7.66. The smallest absolute Gasteiger partial charge is 0.0721 e. The second kappa shape index (κ2) is 5.22. The van der Waals surface area contributed by atoms with Gasteiger partial charge in [0.15, 0.2) is 0 Å². The summed E-state index contributed by atoms with van der Waals surface area (Å²) in [6.45, 7) is 3.10. The van der Waals surface area contributed by atoms with Gasteiger partial charge in [-0.25, -0.2) is 0 Å². The van der Waals surface area contributed by atoms with Gasteiger partial charge in [0, 0.05) is 11.6 Å². The molecule has 0 bridgehead atoms. The molecule has 0 aliphatic carbocycles. The average molecular weight is 200 g/mol. The summed E-state index contributed by atoms with van der Waals surface area (Å²) in [6, 6.07) is 7.61. The van der Waals surface area contributed by atoms with Crippen LogP contribution >= 0.6 is 11.6 Å². The van der Waals surface area contributed by atoms with Crippen molar-refractivity contribution in [3.8, 4) is 0 Å². The van der Waals surface area contributed by atoms with E-state index in [9.17, 15) is 0 Å². The van der Waals surface area contributed by atoms with Crippen LogP contribution in [0.3, 0.4) is 0 Å². The molecule has 0 aromatic heterocycles. The predicted octanol–water partition coefficient (Wildman–Crippen LogP) is 2.20. The van der Waals surface area contributed by atoms with Gasteiger partial charge in [0.25, 0.3) is 0 Å². The van der Waals surface area contributed by atoms with Crippen LogP contribution in [0.5, 0.6) is 0 Å². The van der Waals surface area contributed by atoms with Gasteiger partial charge in [-0.2, -0.15) is 0 Å². The number of halogens is 1. The van der Waals surface area contributed by atoms with E-state index in [0.717, 1.165) is 10.6 Å². The van der Waals surface area contributed by atoms with E-state index in [1.165, 1.54) is 0 Å². The Morgan fingerprint density at radius 1 is 1.38 bits per heavy atom. The lowest BCUT2D eigenvalue weighted by Crippen LogP contribution is -2.19. The molecule has 1 rings (SSSR count). The topological polar surface area (TPSA) is 35.2 Å². The lowest BCUT2D eigenvalue weighted by Gasteiger charge is -2.09. The van der Waals surface area contributed by atoms with Crippen LogP contribution in [-0.2, 0) is 11.3 Å². The molecule has 72 valence electrons. The van der Waals surface area contributed by atoms with E-state index in [-0.39, 0.29) is 6.10 Å². The fraction of sp³-hybridized carbons (Fsp3) is 0.400. The summed E-state index contributed by atoms with van der Waals surface area (Å²) in [5.41, 5.74) is 6.53. The molecule has 3 heteroatoms. The molecule has 0 radical (unpaired) electrons. The molecule has 0 heterocycles. The van der Waals surface area contributed by atoms with E-state index in [4.69, 9.17) is 22.1 Å². The van der Waals surface area contributed by atoms with Gasteiger partial charge in [0.1, 0.15) is 0 Å². The van der Waals surface area contributed by atoms with E-state index >= 15 is 0 Å². The first kappa shape index (κ1) is 10.5. The lowest BCUT2D eigenvalue weighted by molar-refractivity contribution is 0.0590. The largest absolute Gasteiger partial charge is 0.373 e. The minimum Gasteiger partial charge on any atom is -0.373 e. The van der Waals surface area contributed by atoms with Gasteiger partial charge in [-0.05, 0) is 24.6 Å². The van der Waals surface area contributed by atoms with Gasteiger partial charge in [-0.3, -0.25) is 0 Å². The van der Waals surface area contributed by atoms with Gasteiger partial charge in [-0.15, -0.1) is 0 Å². The molecule has 2 nitrogen and oxygen atoms in total. The number of nitrogens with two attached hydrogens (primary N) is 1. The number of hydrogen-bond donors (Lipinski definition) is 1. The fourth-order valence-electron chi connectivity index (χ4n) is 0.887. The van der Waals surface area contributed by atoms with E-state index in [1.807, 2.05) is 31.2 Å². The molecule has 2 N–H and O–H groups in total. The Labute approximate surface area is 83.6 Å². The summed E-state index contributed by atoms with van der Waals surface area (Å²) in [6.07, 6.45) is 0.107. The Bertz CT molecular complexity index is 248. The monoisotopic (exact) mass is 199 g/mol. The molecular weight excluding hydrogens is 186 g/mol. The third kappa shape index (κ3) is 3.77. The van der Waals surface area contributed by atoms with Gasteiger partial charge in [-0.1, -0.05) is 23.7 Å². The van der Waals surface area contributed by atoms with Crippen molar-refractivity contribution in [2.45, 2.75) is 19.6 Å². The van der Waals surface area contributed by atoms with Crippen LogP contribution in [-0.4, -0.2) is 12.6 Å². The molecule has 0 aliphatic heterocycles. The van der Waals surface area contributed by atoms with Crippen molar-refractivity contribution in [1.29, 1.82) is 0 Å². The summed E-state index contributed by atoms with van der Waals surface area (Å²) in [7, 11) is 0. The van der Waals surface area contributed by atoms with Crippen molar-refractivity contribution < 1.29 is 4.74 Å². The maximum atomic E-state index is 5.74. The summed E-state index contributed by atoms with van der Waals surface area (Å²) in [5, 5.41) is 0.746. The molecular formula is C10H14ClNO. The Morgan fingerprint density at radius 3 is 2.54 bits per heavy atom. The van der Waals surface area contributed by atoms with E-state index in [1.54, 1.807) is 0 Å². The van der Waals surface area contributed by atoms with Gasteiger partial charge in [0.05, 0.1) is 12.7 Å². The Kier molecular flexibility index (Phi) is 4.22. The summed E-state index contributed by atoms with van der Waals surface area (Å²) in [4.78, 5) is 0. The molecule has 0 saturated heterocycles. The number of ether oxygens (including phenoxy) is 1. The minimum atomic E-state index is 0.107. The SMILES string of the molecule is C[C@@H](CN)OCc1ccc(Cl)cc1. The number of hydrogen-bond acceptors (Lipinski definition) is 2. The third-order valence-corrected chi connectivity index (χ3v) is 2.03. The zero-order valence-corrected chi connectivity index (χ0v) is 8.42. The lowest BCUT2D eigenvalue weighted by atomic mass is 10.2. The predicted molar refractivity (Wildman–Crippen MR) is 54.8 cm³/mol. The molecule has 1 aromatic rings. The number of benzene rings is 1. The van der Waals surface area contributed by atoms with Crippen molar-refractivity contribution in [2.24, 2.45) is 5.73 Å². The molecule has 0 saturated carbocycles. The second-order valence-corrected chi connectivity index (χ2v) is 3.42. The van der Waals surface area contributed by atoms with Crippen LogP contribution < -0.4 is 5.73 Å². The summed E-state index contributed by atoms with van der Waals surface area (Å²) < 4.78 is 5.45. The van der Waals surface area contributed by atoms with Crippen molar-refractivity contribution in [3.63, 3.8) is 0 Å². The first-order valence-corrected chi connectivity index (χ1v) is 4.66. The highest BCUT2D eigenvalue weighted by molar-refractivity contribution is 6.30. The highest BCUT2D eigenvalue weighted by Gasteiger charge is 1.99. The normalized spacial score (nSPS) is 12.8.